The van der Waals surface area contributed by atoms with Gasteiger partial charge in [0.1, 0.15) is 5.69 Å². The number of halogens is 4. The molecule has 0 bridgehead atoms. The molecule has 0 unspecified atom stereocenters. The molecule has 1 aliphatic carbocycles. The molecule has 0 aromatic heterocycles. The van der Waals surface area contributed by atoms with Gasteiger partial charge in [0, 0.05) is 11.0 Å². The molecule has 1 saturated heterocycles. The summed E-state index contributed by atoms with van der Waals surface area (Å²) in [5, 5.41) is 1.83. The third kappa shape index (κ3) is 4.02. The van der Waals surface area contributed by atoms with Crippen molar-refractivity contribution in [2.45, 2.75) is 17.7 Å². The fourth-order valence-electron chi connectivity index (χ4n) is 3.75. The third-order valence-electron chi connectivity index (χ3n) is 5.35. The number of nitrogens with zero attached hydrogens (tertiary/aromatic N) is 1. The summed E-state index contributed by atoms with van der Waals surface area (Å²) in [6.45, 7) is 0. The molecule has 166 valence electrons. The largest absolute Gasteiger partial charge is 0.320 e. The molecule has 1 fully saturated rings. The van der Waals surface area contributed by atoms with E-state index in [2.05, 4.69) is 0 Å². The fraction of sp³-hybridized carbons (Fsp3) is 0.227. The van der Waals surface area contributed by atoms with Gasteiger partial charge < -0.3 is 5.32 Å². The number of rotatable bonds is 5. The molecule has 0 spiro atoms. The third-order valence-corrected chi connectivity index (χ3v) is 6.36. The van der Waals surface area contributed by atoms with Crippen LogP contribution in [0.3, 0.4) is 0 Å². The van der Waals surface area contributed by atoms with Gasteiger partial charge in [-0.2, -0.15) is 0 Å². The summed E-state index contributed by atoms with van der Waals surface area (Å²) < 4.78 is 53.8. The number of nitrogens with one attached hydrogen (secondary N) is 1. The minimum Gasteiger partial charge on any atom is -0.320 e. The van der Waals surface area contributed by atoms with E-state index < -0.39 is 34.9 Å². The highest BCUT2D eigenvalue weighted by molar-refractivity contribution is 8.00. The second-order valence-electron chi connectivity index (χ2n) is 7.34. The summed E-state index contributed by atoms with van der Waals surface area (Å²) in [5.41, 5.74) is -0.770. The molecule has 32 heavy (non-hydrogen) atoms. The van der Waals surface area contributed by atoms with Crippen molar-refractivity contribution >= 4 is 40.9 Å². The maximum atomic E-state index is 13.7. The first-order valence-corrected chi connectivity index (χ1v) is 10.6. The number of benzene rings is 2. The van der Waals surface area contributed by atoms with E-state index in [0.29, 0.717) is 23.4 Å². The van der Waals surface area contributed by atoms with Crippen molar-refractivity contribution in [3.05, 3.63) is 65.8 Å². The SMILES string of the molecule is O=C(CSc1ccc(N2C(=O)[C@H]3CC=CC[C@H]3C2=O)cc1)Nc1c(F)c(F)cc(F)c1F. The molecule has 5 nitrogen and oxygen atoms in total. The highest BCUT2D eigenvalue weighted by Crippen LogP contribution is 2.38. The lowest BCUT2D eigenvalue weighted by atomic mass is 9.85. The molecule has 0 saturated carbocycles. The molecule has 2 aromatic carbocycles. The van der Waals surface area contributed by atoms with Crippen molar-refractivity contribution in [2.75, 3.05) is 16.0 Å². The number of imide groups is 1. The molecule has 2 atom stereocenters. The molecular formula is C22H16F4N2O3S. The fourth-order valence-corrected chi connectivity index (χ4v) is 4.45. The zero-order chi connectivity index (χ0) is 23.0. The Morgan fingerprint density at radius 1 is 0.938 bits per heavy atom. The minimum absolute atomic E-state index is 0.0535. The summed E-state index contributed by atoms with van der Waals surface area (Å²) in [7, 11) is 0. The van der Waals surface area contributed by atoms with E-state index >= 15 is 0 Å². The van der Waals surface area contributed by atoms with Crippen molar-refractivity contribution in [1.29, 1.82) is 0 Å². The predicted molar refractivity (Wildman–Crippen MR) is 110 cm³/mol. The topological polar surface area (TPSA) is 66.5 Å². The van der Waals surface area contributed by atoms with E-state index in [1.807, 2.05) is 17.5 Å². The number of hydrogen-bond acceptors (Lipinski definition) is 4. The van der Waals surface area contributed by atoms with Gasteiger partial charge in [-0.05, 0) is 37.1 Å². The Labute approximate surface area is 184 Å². The van der Waals surface area contributed by atoms with E-state index in [9.17, 15) is 31.9 Å². The Kier molecular flexibility index (Phi) is 6.05. The van der Waals surface area contributed by atoms with Gasteiger partial charge in [0.2, 0.25) is 17.7 Å². The normalized spacial score (nSPS) is 19.9. The number of carbonyl (C=O) groups excluding carboxylic acids is 3. The zero-order valence-corrected chi connectivity index (χ0v) is 17.2. The molecule has 0 radical (unpaired) electrons. The Hall–Kier alpha value is -3.14. The van der Waals surface area contributed by atoms with Gasteiger partial charge in [0.25, 0.3) is 0 Å². The molecule has 1 heterocycles. The van der Waals surface area contributed by atoms with Crippen molar-refractivity contribution in [3.8, 4) is 0 Å². The zero-order valence-electron chi connectivity index (χ0n) is 16.4. The average molecular weight is 464 g/mol. The van der Waals surface area contributed by atoms with Crippen LogP contribution in [0.15, 0.2) is 47.4 Å². The Bertz CT molecular complexity index is 1080. The summed E-state index contributed by atoms with van der Waals surface area (Å²) in [6.07, 6.45) is 4.86. The van der Waals surface area contributed by atoms with E-state index in [1.54, 1.807) is 24.3 Å². The number of fused-ring (bicyclic) bond motifs is 1. The van der Waals surface area contributed by atoms with Crippen molar-refractivity contribution < 1.29 is 31.9 Å². The van der Waals surface area contributed by atoms with Crippen molar-refractivity contribution in [2.24, 2.45) is 11.8 Å². The van der Waals surface area contributed by atoms with Crippen LogP contribution in [0.25, 0.3) is 0 Å². The Balaban J connectivity index is 1.39. The van der Waals surface area contributed by atoms with E-state index in [0.717, 1.165) is 11.8 Å². The van der Waals surface area contributed by atoms with Crippen LogP contribution in [0.2, 0.25) is 0 Å². The number of thioether (sulfide) groups is 1. The van der Waals surface area contributed by atoms with Crippen LogP contribution in [0.4, 0.5) is 28.9 Å². The molecule has 1 N–H and O–H groups in total. The van der Waals surface area contributed by atoms with Crippen LogP contribution in [0.5, 0.6) is 0 Å². The summed E-state index contributed by atoms with van der Waals surface area (Å²) in [4.78, 5) is 39.0. The lowest BCUT2D eigenvalue weighted by Crippen LogP contribution is -2.30. The van der Waals surface area contributed by atoms with Gasteiger partial charge in [0.05, 0.1) is 23.3 Å². The number of anilines is 2. The van der Waals surface area contributed by atoms with Gasteiger partial charge >= 0.3 is 0 Å². The second-order valence-corrected chi connectivity index (χ2v) is 8.39. The quantitative estimate of drug-likeness (QED) is 0.234. The van der Waals surface area contributed by atoms with E-state index in [1.165, 1.54) is 4.90 Å². The molecule has 10 heteroatoms. The van der Waals surface area contributed by atoms with Gasteiger partial charge in [0.15, 0.2) is 23.3 Å². The number of carbonyl (C=O) groups is 3. The smallest absolute Gasteiger partial charge is 0.238 e. The van der Waals surface area contributed by atoms with Crippen molar-refractivity contribution in [1.82, 2.24) is 0 Å². The lowest BCUT2D eigenvalue weighted by molar-refractivity contribution is -0.122. The average Bonchev–Trinajstić information content (AvgIpc) is 3.04. The van der Waals surface area contributed by atoms with E-state index in [4.69, 9.17) is 0 Å². The van der Waals surface area contributed by atoms with Crippen LogP contribution in [0, 0.1) is 35.1 Å². The highest BCUT2D eigenvalue weighted by atomic mass is 32.2. The summed E-state index contributed by atoms with van der Waals surface area (Å²) >= 11 is 0.998. The van der Waals surface area contributed by atoms with Crippen molar-refractivity contribution in [3.63, 3.8) is 0 Å². The Morgan fingerprint density at radius 2 is 1.47 bits per heavy atom. The van der Waals surface area contributed by atoms with E-state index in [-0.39, 0.29) is 35.5 Å². The highest BCUT2D eigenvalue weighted by Gasteiger charge is 2.47. The van der Waals surface area contributed by atoms with Crippen LogP contribution in [-0.4, -0.2) is 23.5 Å². The monoisotopic (exact) mass is 464 g/mol. The first-order chi connectivity index (χ1) is 15.3. The second kappa shape index (κ2) is 8.78. The van der Waals surface area contributed by atoms with Gasteiger partial charge in [-0.25, -0.2) is 17.6 Å². The molecule has 3 amide bonds. The maximum Gasteiger partial charge on any atom is 0.238 e. The minimum atomic E-state index is -1.69. The molecular weight excluding hydrogens is 448 g/mol. The summed E-state index contributed by atoms with van der Waals surface area (Å²) in [5.74, 6) is -8.97. The van der Waals surface area contributed by atoms with Crippen LogP contribution >= 0.6 is 11.8 Å². The van der Waals surface area contributed by atoms with Gasteiger partial charge in [-0.15, -0.1) is 11.8 Å². The first kappa shape index (κ1) is 22.1. The molecule has 1 aliphatic heterocycles. The van der Waals surface area contributed by atoms with Crippen LogP contribution in [0.1, 0.15) is 12.8 Å². The number of allylic oxidation sites excluding steroid dienone is 2. The number of hydrogen-bond donors (Lipinski definition) is 1. The maximum absolute atomic E-state index is 13.7. The lowest BCUT2D eigenvalue weighted by Gasteiger charge is -2.15. The van der Waals surface area contributed by atoms with Crippen LogP contribution in [-0.2, 0) is 14.4 Å². The molecule has 2 aliphatic rings. The number of amides is 3. The van der Waals surface area contributed by atoms with Gasteiger partial charge in [-0.3, -0.25) is 19.3 Å². The predicted octanol–water partition coefficient (Wildman–Crippen LogP) is 4.43. The Morgan fingerprint density at radius 3 is 2.00 bits per heavy atom. The van der Waals surface area contributed by atoms with Crippen LogP contribution < -0.4 is 10.2 Å². The molecule has 4 rings (SSSR count). The first-order valence-electron chi connectivity index (χ1n) is 9.66. The summed E-state index contributed by atoms with van der Waals surface area (Å²) in [6, 6.07) is 6.39. The molecule has 2 aromatic rings. The van der Waals surface area contributed by atoms with Gasteiger partial charge in [-0.1, -0.05) is 12.2 Å². The standard InChI is InChI=1S/C22H16F4N2O3S/c23-15-9-16(24)19(26)20(18(15)25)27-17(29)10-32-12-7-5-11(6-8-12)28-21(30)13-3-1-2-4-14(13)22(28)31/h1-2,5-9,13-14H,3-4,10H2,(H,27,29)/t13-,14+.